The van der Waals surface area contributed by atoms with E-state index in [4.69, 9.17) is 0 Å². The number of amides is 1. The lowest BCUT2D eigenvalue weighted by molar-refractivity contribution is -0.133. The Morgan fingerprint density at radius 1 is 1.09 bits per heavy atom. The molecule has 0 radical (unpaired) electrons. The molecule has 3 saturated heterocycles. The molecule has 1 N–H and O–H groups in total. The molecule has 0 aliphatic carbocycles. The Labute approximate surface area is 150 Å². The molecule has 7 heteroatoms. The molecule has 0 bridgehead atoms. The van der Waals surface area contributed by atoms with Crippen LogP contribution in [0.25, 0.3) is 0 Å². The average Bonchev–Trinajstić information content (AvgIpc) is 3.03. The van der Waals surface area contributed by atoms with Crippen LogP contribution in [0.1, 0.15) is 32.1 Å². The summed E-state index contributed by atoms with van der Waals surface area (Å²) in [6.45, 7) is 5.56. The van der Waals surface area contributed by atoms with Crippen molar-refractivity contribution in [3.05, 3.63) is 0 Å². The summed E-state index contributed by atoms with van der Waals surface area (Å²) in [6.07, 6.45) is 5.78. The maximum Gasteiger partial charge on any atom is 0.224 e. The van der Waals surface area contributed by atoms with E-state index in [9.17, 15) is 4.79 Å². The fourth-order valence-electron chi connectivity index (χ4n) is 3.68. The summed E-state index contributed by atoms with van der Waals surface area (Å²) in [7, 11) is 0. The van der Waals surface area contributed by atoms with Crippen LogP contribution in [0.3, 0.4) is 0 Å². The molecule has 3 fully saturated rings. The van der Waals surface area contributed by atoms with Crippen LogP contribution in [-0.2, 0) is 4.79 Å². The van der Waals surface area contributed by atoms with E-state index >= 15 is 0 Å². The number of thioether (sulfide) groups is 1. The molecule has 22 heavy (non-hydrogen) atoms. The lowest BCUT2D eigenvalue weighted by Crippen LogP contribution is -2.48. The lowest BCUT2D eigenvalue weighted by atomic mass is 10.0. The van der Waals surface area contributed by atoms with Gasteiger partial charge in [-0.2, -0.15) is 11.8 Å². The molecule has 1 unspecified atom stereocenters. The van der Waals surface area contributed by atoms with Crippen molar-refractivity contribution in [2.75, 3.05) is 44.2 Å². The van der Waals surface area contributed by atoms with Gasteiger partial charge in [0.1, 0.15) is 0 Å². The van der Waals surface area contributed by atoms with Gasteiger partial charge in [-0.3, -0.25) is 4.79 Å². The summed E-state index contributed by atoms with van der Waals surface area (Å²) >= 11 is 1.97. The number of carbonyl (C=O) groups is 1. The third kappa shape index (κ3) is 5.45. The fraction of sp³-hybridized carbons (Fsp3) is 0.933. The molecule has 3 aliphatic rings. The molecular weight excluding hydrogens is 341 g/mol. The van der Waals surface area contributed by atoms with Crippen LogP contribution in [-0.4, -0.2) is 72.0 Å². The largest absolute Gasteiger partial charge is 0.343 e. The second kappa shape index (κ2) is 10.2. The minimum atomic E-state index is 0. The summed E-state index contributed by atoms with van der Waals surface area (Å²) < 4.78 is 0. The van der Waals surface area contributed by atoms with Gasteiger partial charge >= 0.3 is 0 Å². The van der Waals surface area contributed by atoms with Gasteiger partial charge in [0.15, 0.2) is 0 Å². The van der Waals surface area contributed by atoms with E-state index in [1.165, 1.54) is 44.5 Å². The van der Waals surface area contributed by atoms with Crippen LogP contribution in [0.4, 0.5) is 0 Å². The number of rotatable bonds is 3. The number of hydrogen-bond donors (Lipinski definition) is 1. The zero-order valence-electron chi connectivity index (χ0n) is 13.2. The molecule has 130 valence electrons. The third-order valence-corrected chi connectivity index (χ3v) is 6.02. The Kier molecular flexibility index (Phi) is 9.48. The summed E-state index contributed by atoms with van der Waals surface area (Å²) in [5, 5.41) is 3.47. The summed E-state index contributed by atoms with van der Waals surface area (Å²) in [4.78, 5) is 17.1. The van der Waals surface area contributed by atoms with Gasteiger partial charge in [-0.25, -0.2) is 0 Å². The number of carbonyl (C=O) groups excluding carboxylic acids is 1. The molecular formula is C15H29Cl2N3OS. The maximum atomic E-state index is 12.4. The van der Waals surface area contributed by atoms with Crippen molar-refractivity contribution >= 4 is 42.5 Å². The standard InChI is InChI=1S/C15H27N3OS.2ClH/c19-15(11-13-12-20-10-5-16-13)18-8-3-14(4-9-18)17-6-1-2-7-17;;/h13-14,16H,1-12H2;2*1H. The summed E-state index contributed by atoms with van der Waals surface area (Å²) in [5.41, 5.74) is 0. The van der Waals surface area contributed by atoms with Crippen LogP contribution in [0.15, 0.2) is 0 Å². The molecule has 3 rings (SSSR count). The quantitative estimate of drug-likeness (QED) is 0.825. The molecule has 3 heterocycles. The number of piperidine rings is 1. The minimum absolute atomic E-state index is 0. The van der Waals surface area contributed by atoms with Gasteiger partial charge in [-0.15, -0.1) is 24.8 Å². The van der Waals surface area contributed by atoms with Gasteiger partial charge in [0.05, 0.1) is 0 Å². The smallest absolute Gasteiger partial charge is 0.224 e. The Hall–Kier alpha value is 0.320. The second-order valence-corrected chi connectivity index (χ2v) is 7.43. The molecule has 4 nitrogen and oxygen atoms in total. The minimum Gasteiger partial charge on any atom is -0.343 e. The van der Waals surface area contributed by atoms with E-state index in [-0.39, 0.29) is 24.8 Å². The van der Waals surface area contributed by atoms with Crippen LogP contribution < -0.4 is 5.32 Å². The van der Waals surface area contributed by atoms with Gasteiger partial charge in [0.25, 0.3) is 0 Å². The van der Waals surface area contributed by atoms with E-state index < -0.39 is 0 Å². The number of halogens is 2. The van der Waals surface area contributed by atoms with E-state index in [1.54, 1.807) is 0 Å². The molecule has 0 spiro atoms. The number of hydrogen-bond acceptors (Lipinski definition) is 4. The van der Waals surface area contributed by atoms with E-state index in [0.717, 1.165) is 31.4 Å². The van der Waals surface area contributed by atoms with Crippen LogP contribution in [0.2, 0.25) is 0 Å². The van der Waals surface area contributed by atoms with Gasteiger partial charge in [0, 0.05) is 49.6 Å². The average molecular weight is 370 g/mol. The third-order valence-electron chi connectivity index (χ3n) is 4.89. The molecule has 1 atom stereocenters. The molecule has 3 aliphatic heterocycles. The SMILES string of the molecule is Cl.Cl.O=C(CC1CSCCN1)N1CCC(N2CCCC2)CC1. The Morgan fingerprint density at radius 3 is 2.36 bits per heavy atom. The first-order valence-electron chi connectivity index (χ1n) is 8.16. The first-order valence-corrected chi connectivity index (χ1v) is 9.31. The fourth-order valence-corrected chi connectivity index (χ4v) is 4.63. The zero-order chi connectivity index (χ0) is 13.8. The van der Waals surface area contributed by atoms with Gasteiger partial charge in [-0.1, -0.05) is 0 Å². The highest BCUT2D eigenvalue weighted by atomic mass is 35.5. The van der Waals surface area contributed by atoms with Crippen molar-refractivity contribution in [1.29, 1.82) is 0 Å². The number of nitrogens with zero attached hydrogens (tertiary/aromatic N) is 2. The van der Waals surface area contributed by atoms with Crippen molar-refractivity contribution in [2.45, 2.75) is 44.2 Å². The van der Waals surface area contributed by atoms with Crippen LogP contribution in [0, 0.1) is 0 Å². The van der Waals surface area contributed by atoms with Gasteiger partial charge in [-0.05, 0) is 38.8 Å². The normalized spacial score (nSPS) is 27.1. The van der Waals surface area contributed by atoms with Crippen molar-refractivity contribution in [2.24, 2.45) is 0 Å². The van der Waals surface area contributed by atoms with Crippen molar-refractivity contribution in [3.8, 4) is 0 Å². The Balaban J connectivity index is 0.00000121. The zero-order valence-corrected chi connectivity index (χ0v) is 15.6. The molecule has 0 aromatic rings. The first-order chi connectivity index (χ1) is 9.83. The molecule has 0 aromatic carbocycles. The van der Waals surface area contributed by atoms with E-state index in [2.05, 4.69) is 15.1 Å². The lowest BCUT2D eigenvalue weighted by Gasteiger charge is -2.37. The van der Waals surface area contributed by atoms with Gasteiger partial charge < -0.3 is 15.1 Å². The summed E-state index contributed by atoms with van der Waals surface area (Å²) in [5.74, 6) is 2.65. The maximum absolute atomic E-state index is 12.4. The van der Waals surface area contributed by atoms with Gasteiger partial charge in [0.2, 0.25) is 5.91 Å². The van der Waals surface area contributed by atoms with Crippen molar-refractivity contribution < 1.29 is 4.79 Å². The Bertz CT molecular complexity index is 329. The second-order valence-electron chi connectivity index (χ2n) is 6.29. The highest BCUT2D eigenvalue weighted by Gasteiger charge is 2.29. The number of likely N-dealkylation sites (tertiary alicyclic amines) is 2. The Morgan fingerprint density at radius 2 is 1.77 bits per heavy atom. The molecule has 1 amide bonds. The number of nitrogens with one attached hydrogen (secondary N) is 1. The van der Waals surface area contributed by atoms with Crippen LogP contribution >= 0.6 is 36.6 Å². The van der Waals surface area contributed by atoms with Crippen molar-refractivity contribution in [1.82, 2.24) is 15.1 Å². The van der Waals surface area contributed by atoms with E-state index in [0.29, 0.717) is 18.4 Å². The highest BCUT2D eigenvalue weighted by Crippen LogP contribution is 2.22. The van der Waals surface area contributed by atoms with E-state index in [1.807, 2.05) is 11.8 Å². The molecule has 0 saturated carbocycles. The monoisotopic (exact) mass is 369 g/mol. The van der Waals surface area contributed by atoms with Crippen molar-refractivity contribution in [3.63, 3.8) is 0 Å². The predicted molar refractivity (Wildman–Crippen MR) is 98.6 cm³/mol. The highest BCUT2D eigenvalue weighted by molar-refractivity contribution is 7.99. The topological polar surface area (TPSA) is 35.6 Å². The summed E-state index contributed by atoms with van der Waals surface area (Å²) in [6, 6.07) is 1.14. The first kappa shape index (κ1) is 20.4. The van der Waals surface area contributed by atoms with Crippen LogP contribution in [0.5, 0.6) is 0 Å². The molecule has 0 aromatic heterocycles. The predicted octanol–water partition coefficient (Wildman–Crippen LogP) is 2.01.